The van der Waals surface area contributed by atoms with Crippen molar-refractivity contribution in [3.05, 3.63) is 57.4 Å². The van der Waals surface area contributed by atoms with Crippen molar-refractivity contribution < 1.29 is 9.72 Å². The van der Waals surface area contributed by atoms with E-state index in [1.165, 1.54) is 17.1 Å². The van der Waals surface area contributed by atoms with Gasteiger partial charge < -0.3 is 4.90 Å². The van der Waals surface area contributed by atoms with E-state index in [9.17, 15) is 14.9 Å². The minimum atomic E-state index is -0.496. The van der Waals surface area contributed by atoms with Gasteiger partial charge in [-0.2, -0.15) is 5.10 Å². The van der Waals surface area contributed by atoms with Crippen LogP contribution in [0.15, 0.2) is 36.7 Å². The third-order valence-corrected chi connectivity index (χ3v) is 4.83. The van der Waals surface area contributed by atoms with Gasteiger partial charge in [0.1, 0.15) is 12.4 Å². The van der Waals surface area contributed by atoms with Gasteiger partial charge in [0.05, 0.1) is 4.92 Å². The van der Waals surface area contributed by atoms with Gasteiger partial charge in [-0.3, -0.25) is 24.5 Å². The van der Waals surface area contributed by atoms with Crippen LogP contribution in [0.5, 0.6) is 0 Å². The first-order chi connectivity index (χ1) is 12.5. The van der Waals surface area contributed by atoms with Crippen molar-refractivity contribution in [1.82, 2.24) is 19.6 Å². The summed E-state index contributed by atoms with van der Waals surface area (Å²) in [4.78, 5) is 26.6. The number of aryl methyl sites for hydroxylation is 1. The number of aromatic nitrogens is 2. The zero-order valence-corrected chi connectivity index (χ0v) is 15.0. The first-order valence-corrected chi connectivity index (χ1v) is 8.81. The number of carbonyl (C=O) groups excluding carboxylic acids is 1. The molecule has 0 unspecified atom stereocenters. The third kappa shape index (κ3) is 4.59. The lowest BCUT2D eigenvalue weighted by molar-refractivity contribution is -0.385. The van der Waals surface area contributed by atoms with E-state index in [1.807, 2.05) is 29.2 Å². The highest BCUT2D eigenvalue weighted by molar-refractivity contribution is 6.31. The second kappa shape index (κ2) is 8.29. The molecule has 1 aromatic carbocycles. The average Bonchev–Trinajstić information content (AvgIpc) is 3.12. The second-order valence-electron chi connectivity index (χ2n) is 6.22. The zero-order chi connectivity index (χ0) is 18.5. The van der Waals surface area contributed by atoms with Gasteiger partial charge in [0.25, 0.3) is 0 Å². The van der Waals surface area contributed by atoms with Gasteiger partial charge in [0.15, 0.2) is 0 Å². The summed E-state index contributed by atoms with van der Waals surface area (Å²) in [6.45, 7) is 4.05. The van der Waals surface area contributed by atoms with Gasteiger partial charge >= 0.3 is 5.69 Å². The van der Waals surface area contributed by atoms with Crippen molar-refractivity contribution >= 4 is 23.2 Å². The van der Waals surface area contributed by atoms with Crippen LogP contribution in [0, 0.1) is 10.1 Å². The Hall–Kier alpha value is -2.45. The van der Waals surface area contributed by atoms with E-state index >= 15 is 0 Å². The quantitative estimate of drug-likeness (QED) is 0.569. The molecule has 138 valence electrons. The smallest absolute Gasteiger partial charge is 0.306 e. The summed E-state index contributed by atoms with van der Waals surface area (Å²) >= 11 is 6.20. The van der Waals surface area contributed by atoms with Crippen LogP contribution in [-0.4, -0.2) is 56.6 Å². The fraction of sp³-hybridized carbons (Fsp3) is 0.412. The van der Waals surface area contributed by atoms with Gasteiger partial charge in [-0.05, 0) is 11.6 Å². The molecule has 0 bridgehead atoms. The van der Waals surface area contributed by atoms with E-state index in [0.717, 1.165) is 30.2 Å². The van der Waals surface area contributed by atoms with E-state index in [2.05, 4.69) is 10.00 Å². The molecule has 3 rings (SSSR count). The largest absolute Gasteiger partial charge is 0.340 e. The van der Waals surface area contributed by atoms with Gasteiger partial charge in [-0.1, -0.05) is 29.8 Å². The molecule has 0 atom stereocenters. The summed E-state index contributed by atoms with van der Waals surface area (Å²) in [5, 5.41) is 15.3. The molecule has 2 heterocycles. The molecule has 1 amide bonds. The second-order valence-corrected chi connectivity index (χ2v) is 6.62. The molecule has 0 saturated carbocycles. The fourth-order valence-corrected chi connectivity index (χ4v) is 3.16. The van der Waals surface area contributed by atoms with Crippen LogP contribution in [0.4, 0.5) is 5.69 Å². The lowest BCUT2D eigenvalue weighted by Crippen LogP contribution is -2.48. The van der Waals surface area contributed by atoms with Gasteiger partial charge in [0, 0.05) is 50.7 Å². The number of hydrogen-bond donors (Lipinski definition) is 0. The zero-order valence-electron chi connectivity index (χ0n) is 14.3. The van der Waals surface area contributed by atoms with Crippen LogP contribution in [0.25, 0.3) is 0 Å². The Morgan fingerprint density at radius 3 is 2.62 bits per heavy atom. The molecule has 0 N–H and O–H groups in total. The summed E-state index contributed by atoms with van der Waals surface area (Å²) in [7, 11) is 0. The Kier molecular flexibility index (Phi) is 5.85. The molecule has 2 aromatic rings. The Labute approximate surface area is 156 Å². The van der Waals surface area contributed by atoms with Crippen molar-refractivity contribution in [1.29, 1.82) is 0 Å². The number of hydrogen-bond acceptors (Lipinski definition) is 5. The van der Waals surface area contributed by atoms with Crippen molar-refractivity contribution in [2.24, 2.45) is 0 Å². The van der Waals surface area contributed by atoms with Crippen LogP contribution in [-0.2, 0) is 17.9 Å². The summed E-state index contributed by atoms with van der Waals surface area (Å²) in [5.74, 6) is 0.0422. The number of carbonyl (C=O) groups is 1. The Balaban J connectivity index is 1.44. The fourth-order valence-electron chi connectivity index (χ4n) is 2.96. The Morgan fingerprint density at radius 2 is 1.96 bits per heavy atom. The minimum Gasteiger partial charge on any atom is -0.340 e. The monoisotopic (exact) mass is 377 g/mol. The van der Waals surface area contributed by atoms with E-state index in [-0.39, 0.29) is 18.0 Å². The standard InChI is InChI=1S/C17H20ClN5O3/c18-16-4-2-1-3-14(16)12-20-7-9-21(10-8-20)17(24)5-6-22-13-15(11-19-22)23(25)26/h1-4,11,13H,5-10,12H2. The molecule has 0 aliphatic carbocycles. The van der Waals surface area contributed by atoms with Crippen LogP contribution in [0.3, 0.4) is 0 Å². The molecule has 1 aliphatic heterocycles. The number of benzene rings is 1. The first-order valence-electron chi connectivity index (χ1n) is 8.43. The van der Waals surface area contributed by atoms with Crippen LogP contribution < -0.4 is 0 Å². The molecule has 1 aliphatic rings. The van der Waals surface area contributed by atoms with Crippen LogP contribution in [0.2, 0.25) is 5.02 Å². The maximum atomic E-state index is 12.3. The molecular weight excluding hydrogens is 358 g/mol. The predicted molar refractivity (Wildman–Crippen MR) is 96.8 cm³/mol. The molecule has 1 saturated heterocycles. The van der Waals surface area contributed by atoms with Gasteiger partial charge in [-0.25, -0.2) is 0 Å². The summed E-state index contributed by atoms with van der Waals surface area (Å²) in [5.41, 5.74) is 1.03. The molecule has 0 spiro atoms. The van der Waals surface area contributed by atoms with Gasteiger partial charge in [0.2, 0.25) is 5.91 Å². The summed E-state index contributed by atoms with van der Waals surface area (Å²) in [6, 6.07) is 7.79. The van der Waals surface area contributed by atoms with Crippen molar-refractivity contribution in [3.63, 3.8) is 0 Å². The summed E-state index contributed by atoms with van der Waals surface area (Å²) in [6.07, 6.45) is 2.82. The Morgan fingerprint density at radius 1 is 1.23 bits per heavy atom. The maximum Gasteiger partial charge on any atom is 0.306 e. The molecule has 1 aromatic heterocycles. The summed E-state index contributed by atoms with van der Waals surface area (Å²) < 4.78 is 1.43. The van der Waals surface area contributed by atoms with Crippen LogP contribution in [0.1, 0.15) is 12.0 Å². The third-order valence-electron chi connectivity index (χ3n) is 4.46. The van der Waals surface area contributed by atoms with Crippen LogP contribution >= 0.6 is 11.6 Å². The molecule has 9 heteroatoms. The lowest BCUT2D eigenvalue weighted by Gasteiger charge is -2.35. The highest BCUT2D eigenvalue weighted by Crippen LogP contribution is 2.18. The maximum absolute atomic E-state index is 12.3. The SMILES string of the molecule is O=C(CCn1cc([N+](=O)[O-])cn1)N1CCN(Cc2ccccc2Cl)CC1. The van der Waals surface area contributed by atoms with Crippen molar-refractivity contribution in [3.8, 4) is 0 Å². The predicted octanol–water partition coefficient (Wildman–Crippen LogP) is 2.18. The molecule has 0 radical (unpaired) electrons. The van der Waals surface area contributed by atoms with E-state index < -0.39 is 4.92 Å². The topological polar surface area (TPSA) is 84.5 Å². The number of piperazine rings is 1. The van der Waals surface area contributed by atoms with Crippen molar-refractivity contribution in [2.45, 2.75) is 19.5 Å². The van der Waals surface area contributed by atoms with E-state index in [0.29, 0.717) is 19.6 Å². The molecule has 1 fully saturated rings. The minimum absolute atomic E-state index is 0.0422. The normalized spacial score (nSPS) is 15.2. The Bertz CT molecular complexity index is 786. The van der Waals surface area contributed by atoms with E-state index in [4.69, 9.17) is 11.6 Å². The number of halogens is 1. The lowest BCUT2D eigenvalue weighted by atomic mass is 10.2. The molecule has 8 nitrogen and oxygen atoms in total. The molecule has 26 heavy (non-hydrogen) atoms. The van der Waals surface area contributed by atoms with Crippen molar-refractivity contribution in [2.75, 3.05) is 26.2 Å². The highest BCUT2D eigenvalue weighted by Gasteiger charge is 2.21. The highest BCUT2D eigenvalue weighted by atomic mass is 35.5. The number of amides is 1. The number of rotatable bonds is 6. The number of nitrogens with zero attached hydrogens (tertiary/aromatic N) is 5. The number of nitro groups is 1. The van der Waals surface area contributed by atoms with Gasteiger partial charge in [-0.15, -0.1) is 0 Å². The molecular formula is C17H20ClN5O3. The average molecular weight is 378 g/mol. The first kappa shape index (κ1) is 18.3. The van der Waals surface area contributed by atoms with E-state index in [1.54, 1.807) is 0 Å².